The van der Waals surface area contributed by atoms with Crippen molar-refractivity contribution >= 4 is 28.9 Å². The summed E-state index contributed by atoms with van der Waals surface area (Å²) >= 11 is 1.49. The Kier molecular flexibility index (Phi) is 6.24. The van der Waals surface area contributed by atoms with E-state index in [2.05, 4.69) is 10.3 Å². The van der Waals surface area contributed by atoms with Crippen LogP contribution in [0.2, 0.25) is 0 Å². The van der Waals surface area contributed by atoms with Crippen molar-refractivity contribution in [1.29, 1.82) is 0 Å². The summed E-state index contributed by atoms with van der Waals surface area (Å²) in [7, 11) is 0. The zero-order valence-electron chi connectivity index (χ0n) is 16.4. The average molecular weight is 400 g/mol. The fourth-order valence-electron chi connectivity index (χ4n) is 3.35. The first kappa shape index (κ1) is 20.2. The molecule has 148 valence electrons. The molecule has 1 atom stereocenters. The summed E-state index contributed by atoms with van der Waals surface area (Å²) in [6.07, 6.45) is 3.09. The van der Waals surface area contributed by atoms with E-state index in [1.165, 1.54) is 11.3 Å². The molecule has 0 aliphatic carbocycles. The molecular weight excluding hydrogens is 374 g/mol. The van der Waals surface area contributed by atoms with Gasteiger partial charge in [-0.25, -0.2) is 0 Å². The van der Waals surface area contributed by atoms with Gasteiger partial charge in [-0.15, -0.1) is 0 Å². The minimum absolute atomic E-state index is 0.106. The Balaban J connectivity index is 1.74. The van der Waals surface area contributed by atoms with Gasteiger partial charge in [0.1, 0.15) is 0 Å². The van der Waals surface area contributed by atoms with Crippen molar-refractivity contribution in [2.45, 2.75) is 46.7 Å². The fourth-order valence-corrected chi connectivity index (χ4v) is 3.98. The number of rotatable bonds is 6. The van der Waals surface area contributed by atoms with Crippen LogP contribution in [0.25, 0.3) is 0 Å². The fraction of sp³-hybridized carbons (Fsp3) is 0.429. The molecule has 0 fully saturated rings. The van der Waals surface area contributed by atoms with E-state index >= 15 is 0 Å². The van der Waals surface area contributed by atoms with Crippen molar-refractivity contribution in [3.63, 3.8) is 0 Å². The van der Waals surface area contributed by atoms with E-state index in [1.807, 2.05) is 24.6 Å². The van der Waals surface area contributed by atoms with Gasteiger partial charge < -0.3 is 10.2 Å². The largest absolute Gasteiger partial charge is 0.348 e. The van der Waals surface area contributed by atoms with Crippen molar-refractivity contribution in [3.05, 3.63) is 51.0 Å². The quantitative estimate of drug-likeness (QED) is 0.758. The second-order valence-electron chi connectivity index (χ2n) is 7.17. The number of hydrogen-bond donors (Lipinski definition) is 1. The van der Waals surface area contributed by atoms with E-state index in [0.29, 0.717) is 38.0 Å². The molecule has 7 heteroatoms. The van der Waals surface area contributed by atoms with Gasteiger partial charge in [0.05, 0.1) is 0 Å². The molecule has 1 aliphatic rings. The Morgan fingerprint density at radius 2 is 2.14 bits per heavy atom. The van der Waals surface area contributed by atoms with E-state index in [-0.39, 0.29) is 17.6 Å². The summed E-state index contributed by atoms with van der Waals surface area (Å²) < 4.78 is 0. The monoisotopic (exact) mass is 399 g/mol. The highest BCUT2D eigenvalue weighted by atomic mass is 32.1. The number of fused-ring (bicyclic) bond motifs is 1. The first-order valence-corrected chi connectivity index (χ1v) is 10.5. The number of carbonyl (C=O) groups is 3. The van der Waals surface area contributed by atoms with Crippen LogP contribution in [0.15, 0.2) is 23.0 Å². The minimum atomic E-state index is -0.409. The van der Waals surface area contributed by atoms with Gasteiger partial charge in [-0.05, 0) is 47.9 Å². The molecule has 2 aromatic rings. The Morgan fingerprint density at radius 1 is 1.36 bits per heavy atom. The molecule has 0 aromatic carbocycles. The van der Waals surface area contributed by atoms with Gasteiger partial charge >= 0.3 is 0 Å². The molecule has 0 bridgehead atoms. The van der Waals surface area contributed by atoms with Crippen LogP contribution in [0.3, 0.4) is 0 Å². The van der Waals surface area contributed by atoms with Crippen LogP contribution in [0.5, 0.6) is 0 Å². The first-order chi connectivity index (χ1) is 13.4. The van der Waals surface area contributed by atoms with Crippen LogP contribution < -0.4 is 5.32 Å². The zero-order valence-corrected chi connectivity index (χ0v) is 17.3. The van der Waals surface area contributed by atoms with Crippen molar-refractivity contribution in [1.82, 2.24) is 15.2 Å². The second-order valence-corrected chi connectivity index (χ2v) is 7.95. The maximum absolute atomic E-state index is 12.5. The Hall–Kier alpha value is -2.54. The molecule has 1 N–H and O–H groups in total. The van der Waals surface area contributed by atoms with Crippen LogP contribution in [-0.2, 0) is 29.1 Å². The summed E-state index contributed by atoms with van der Waals surface area (Å²) in [5.74, 6) is -1.10. The number of aryl methyl sites for hydroxylation is 1. The summed E-state index contributed by atoms with van der Waals surface area (Å²) in [4.78, 5) is 43.1. The number of hydrogen-bond acceptors (Lipinski definition) is 5. The predicted octanol–water partition coefficient (Wildman–Crippen LogP) is 2.88. The van der Waals surface area contributed by atoms with Gasteiger partial charge in [0.25, 0.3) is 11.8 Å². The molecule has 3 rings (SSSR count). The Morgan fingerprint density at radius 3 is 2.82 bits per heavy atom. The Bertz CT molecular complexity index is 893. The van der Waals surface area contributed by atoms with E-state index in [1.54, 1.807) is 24.1 Å². The van der Waals surface area contributed by atoms with Gasteiger partial charge in [-0.3, -0.25) is 19.4 Å². The molecule has 0 saturated heterocycles. The molecule has 6 nitrogen and oxygen atoms in total. The van der Waals surface area contributed by atoms with E-state index in [0.717, 1.165) is 22.4 Å². The normalized spacial score (nSPS) is 14.3. The van der Waals surface area contributed by atoms with Gasteiger partial charge in [-0.2, -0.15) is 11.3 Å². The van der Waals surface area contributed by atoms with Crippen molar-refractivity contribution in [3.8, 4) is 0 Å². The topological polar surface area (TPSA) is 79.4 Å². The number of aromatic nitrogens is 1. The highest BCUT2D eigenvalue weighted by Gasteiger charge is 2.29. The van der Waals surface area contributed by atoms with Crippen LogP contribution >= 0.6 is 11.3 Å². The summed E-state index contributed by atoms with van der Waals surface area (Å²) in [6.45, 7) is 6.91. The molecule has 3 heterocycles. The number of ketones is 1. The summed E-state index contributed by atoms with van der Waals surface area (Å²) in [5.41, 5.74) is 4.60. The van der Waals surface area contributed by atoms with E-state index in [9.17, 15) is 14.4 Å². The lowest BCUT2D eigenvalue weighted by Crippen LogP contribution is -2.42. The third-order valence-corrected chi connectivity index (χ3v) is 6.05. The lowest BCUT2D eigenvalue weighted by atomic mass is 9.94. The number of pyridine rings is 1. The SMILES string of the molecule is CCC(C)C(=O)C(=O)N1CCc2c(cnc(C)c2CNC(=O)c2ccsc2)C1. The van der Waals surface area contributed by atoms with Crippen LogP contribution in [-0.4, -0.2) is 34.0 Å². The minimum Gasteiger partial charge on any atom is -0.348 e. The van der Waals surface area contributed by atoms with Gasteiger partial charge in [0.15, 0.2) is 0 Å². The number of Topliss-reactive ketones (excluding diaryl/α,β-unsaturated/α-hetero) is 1. The van der Waals surface area contributed by atoms with Crippen molar-refractivity contribution in [2.75, 3.05) is 6.54 Å². The number of thiophene rings is 1. The first-order valence-electron chi connectivity index (χ1n) is 9.52. The van der Waals surface area contributed by atoms with E-state index in [4.69, 9.17) is 0 Å². The van der Waals surface area contributed by atoms with Crippen molar-refractivity contribution in [2.24, 2.45) is 5.92 Å². The van der Waals surface area contributed by atoms with Gasteiger partial charge in [-0.1, -0.05) is 13.8 Å². The third-order valence-electron chi connectivity index (χ3n) is 5.36. The number of nitrogens with one attached hydrogen (secondary N) is 1. The molecule has 0 saturated carbocycles. The van der Waals surface area contributed by atoms with Gasteiger partial charge in [0.2, 0.25) is 5.78 Å². The lowest BCUT2D eigenvalue weighted by molar-refractivity contribution is -0.147. The van der Waals surface area contributed by atoms with Crippen LogP contribution in [0.4, 0.5) is 0 Å². The van der Waals surface area contributed by atoms with Crippen LogP contribution in [0.1, 0.15) is 53.0 Å². The third kappa shape index (κ3) is 4.14. The van der Waals surface area contributed by atoms with Crippen molar-refractivity contribution < 1.29 is 14.4 Å². The summed E-state index contributed by atoms with van der Waals surface area (Å²) in [5, 5.41) is 6.65. The second kappa shape index (κ2) is 8.65. The molecule has 2 amide bonds. The average Bonchev–Trinajstić information content (AvgIpc) is 3.25. The Labute approximate surface area is 169 Å². The number of carbonyl (C=O) groups excluding carboxylic acids is 3. The number of nitrogens with zero attached hydrogens (tertiary/aromatic N) is 2. The lowest BCUT2D eigenvalue weighted by Gasteiger charge is -2.30. The number of amides is 2. The molecule has 0 radical (unpaired) electrons. The molecule has 0 spiro atoms. The standard InChI is InChI=1S/C21H25N3O3S/c1-4-13(2)19(25)21(27)24-7-5-17-16(11-24)9-22-14(3)18(17)10-23-20(26)15-6-8-28-12-15/h6,8-9,12-13H,4-5,7,10-11H2,1-3H3,(H,23,26). The molecule has 1 unspecified atom stereocenters. The molecule has 2 aromatic heterocycles. The van der Waals surface area contributed by atoms with Crippen LogP contribution in [0, 0.1) is 12.8 Å². The zero-order chi connectivity index (χ0) is 20.3. The summed E-state index contributed by atoms with van der Waals surface area (Å²) in [6, 6.07) is 1.80. The molecular formula is C21H25N3O3S. The maximum Gasteiger partial charge on any atom is 0.290 e. The highest BCUT2D eigenvalue weighted by Crippen LogP contribution is 2.24. The maximum atomic E-state index is 12.5. The highest BCUT2D eigenvalue weighted by molar-refractivity contribution is 7.08. The molecule has 28 heavy (non-hydrogen) atoms. The molecule has 1 aliphatic heterocycles. The smallest absolute Gasteiger partial charge is 0.290 e. The van der Waals surface area contributed by atoms with E-state index < -0.39 is 5.91 Å². The predicted molar refractivity (Wildman–Crippen MR) is 108 cm³/mol. The van der Waals surface area contributed by atoms with Gasteiger partial charge in [0, 0.05) is 48.4 Å².